The Bertz CT molecular complexity index is 1370. The number of amides is 2. The molecule has 5 rings (SSSR count). The highest BCUT2D eigenvalue weighted by Crippen LogP contribution is 2.51. The van der Waals surface area contributed by atoms with Crippen LogP contribution >= 0.6 is 0 Å². The minimum absolute atomic E-state index is 0.00589. The van der Waals surface area contributed by atoms with Gasteiger partial charge in [0.25, 0.3) is 5.91 Å². The van der Waals surface area contributed by atoms with E-state index >= 15 is 0 Å². The van der Waals surface area contributed by atoms with Gasteiger partial charge in [-0.3, -0.25) is 9.59 Å². The number of nitrogens with one attached hydrogen (secondary N) is 1. The van der Waals surface area contributed by atoms with E-state index in [9.17, 15) is 38.1 Å². The predicted octanol–water partition coefficient (Wildman–Crippen LogP) is 2.15. The van der Waals surface area contributed by atoms with Gasteiger partial charge in [0.1, 0.15) is 12.2 Å². The van der Waals surface area contributed by atoms with Gasteiger partial charge in [0, 0.05) is 36.4 Å². The Kier molecular flexibility index (Phi) is 8.97. The van der Waals surface area contributed by atoms with Gasteiger partial charge >= 0.3 is 6.18 Å². The van der Waals surface area contributed by atoms with E-state index in [1.165, 1.54) is 18.1 Å². The van der Waals surface area contributed by atoms with Gasteiger partial charge in [-0.25, -0.2) is 0 Å². The maximum Gasteiger partial charge on any atom is 0.416 e. The largest absolute Gasteiger partial charge is 0.493 e. The normalized spacial score (nSPS) is 24.4. The zero-order valence-electron chi connectivity index (χ0n) is 23.3. The highest BCUT2D eigenvalue weighted by Gasteiger charge is 2.52. The molecule has 10 nitrogen and oxygen atoms in total. The standard InChI is InChI=1S/C30H33F3N2O8/c1-41-23-12-16(15-37)11-20-24-21(28(39)34-8-9-36)13-22(25(38)27(24)43-26(20)23)35(14-19-3-2-10-42-19)29(40)17-4-6-18(7-5-17)30(31,32)33/h4-7,11-13,19,22,24-25,27,36-38H,2-3,8-10,14-15H2,1H3,(H,34,39)/t19-,22-,24+,25+,27+/m1/s1. The SMILES string of the molecule is COc1cc(CO)cc2c1O[C@@H]1[C@@H](O)[C@H](N(C[C@H]3CCCO3)C(=O)c3ccc(C(F)(F)F)cc3)C=C(C(=O)NCCO)[C@H]21. The number of carbonyl (C=O) groups excluding carboxylic acids is 2. The van der Waals surface area contributed by atoms with Crippen LogP contribution in [0.5, 0.6) is 11.5 Å². The lowest BCUT2D eigenvalue weighted by molar-refractivity contribution is -0.137. The molecule has 0 spiro atoms. The topological polar surface area (TPSA) is 138 Å². The van der Waals surface area contributed by atoms with Crippen molar-refractivity contribution in [2.75, 3.05) is 33.4 Å². The summed E-state index contributed by atoms with van der Waals surface area (Å²) in [6.07, 6.45) is -4.57. The van der Waals surface area contributed by atoms with E-state index in [2.05, 4.69) is 5.32 Å². The third-order valence-corrected chi connectivity index (χ3v) is 8.00. The number of methoxy groups -OCH3 is 1. The Morgan fingerprint density at radius 2 is 1.91 bits per heavy atom. The second kappa shape index (κ2) is 12.5. The van der Waals surface area contributed by atoms with Crippen molar-refractivity contribution in [1.29, 1.82) is 0 Å². The van der Waals surface area contributed by atoms with Gasteiger partial charge in [-0.2, -0.15) is 13.2 Å². The molecule has 43 heavy (non-hydrogen) atoms. The van der Waals surface area contributed by atoms with Crippen LogP contribution in [-0.2, 0) is 22.3 Å². The number of alkyl halides is 3. The van der Waals surface area contributed by atoms with Crippen molar-refractivity contribution >= 4 is 11.8 Å². The van der Waals surface area contributed by atoms with Crippen LogP contribution < -0.4 is 14.8 Å². The molecule has 2 heterocycles. The first-order chi connectivity index (χ1) is 20.6. The van der Waals surface area contributed by atoms with Gasteiger partial charge in [0.05, 0.1) is 44.0 Å². The van der Waals surface area contributed by atoms with Crippen molar-refractivity contribution in [3.05, 3.63) is 70.3 Å². The fraction of sp³-hybridized carbons (Fsp3) is 0.467. The molecule has 1 fully saturated rings. The number of rotatable bonds is 9. The summed E-state index contributed by atoms with van der Waals surface area (Å²) < 4.78 is 57.0. The Labute approximate surface area is 245 Å². The van der Waals surface area contributed by atoms with Crippen LogP contribution in [0.25, 0.3) is 0 Å². The molecule has 0 saturated carbocycles. The molecule has 13 heteroatoms. The van der Waals surface area contributed by atoms with Crippen LogP contribution in [0.1, 0.15) is 45.8 Å². The molecule has 0 bridgehead atoms. The maximum absolute atomic E-state index is 13.9. The number of hydrogen-bond acceptors (Lipinski definition) is 8. The van der Waals surface area contributed by atoms with E-state index in [1.807, 2.05) is 0 Å². The first-order valence-corrected chi connectivity index (χ1v) is 13.9. The number of halogens is 3. The summed E-state index contributed by atoms with van der Waals surface area (Å²) in [5.74, 6) is -1.48. The summed E-state index contributed by atoms with van der Waals surface area (Å²) in [5, 5.41) is 33.5. The van der Waals surface area contributed by atoms with Crippen molar-refractivity contribution in [2.45, 2.75) is 55.9 Å². The molecule has 232 valence electrons. The van der Waals surface area contributed by atoms with Crippen molar-refractivity contribution < 1.29 is 52.3 Å². The third kappa shape index (κ3) is 6.07. The fourth-order valence-electron chi connectivity index (χ4n) is 5.93. The van der Waals surface area contributed by atoms with Crippen LogP contribution in [0.4, 0.5) is 13.2 Å². The quantitative estimate of drug-likeness (QED) is 0.341. The van der Waals surface area contributed by atoms with E-state index in [0.29, 0.717) is 24.2 Å². The van der Waals surface area contributed by atoms with Crippen LogP contribution in [0.3, 0.4) is 0 Å². The van der Waals surface area contributed by atoms with Gasteiger partial charge < -0.3 is 39.7 Å². The molecule has 5 atom stereocenters. The highest BCUT2D eigenvalue weighted by atomic mass is 19.4. The number of nitrogens with zero attached hydrogens (tertiary/aromatic N) is 1. The van der Waals surface area contributed by atoms with Gasteiger partial charge in [-0.15, -0.1) is 0 Å². The molecule has 1 saturated heterocycles. The van der Waals surface area contributed by atoms with E-state index in [4.69, 9.17) is 14.2 Å². The van der Waals surface area contributed by atoms with Crippen molar-refractivity contribution in [2.24, 2.45) is 0 Å². The van der Waals surface area contributed by atoms with E-state index in [0.717, 1.165) is 30.7 Å². The molecule has 2 aromatic carbocycles. The Morgan fingerprint density at radius 3 is 2.51 bits per heavy atom. The smallest absolute Gasteiger partial charge is 0.416 e. The number of hydrogen-bond donors (Lipinski definition) is 4. The summed E-state index contributed by atoms with van der Waals surface area (Å²) in [4.78, 5) is 28.7. The molecule has 2 amide bonds. The van der Waals surface area contributed by atoms with E-state index in [1.54, 1.807) is 12.1 Å². The molecule has 2 aliphatic heterocycles. The van der Waals surface area contributed by atoms with Gasteiger partial charge in [-0.1, -0.05) is 0 Å². The fourth-order valence-corrected chi connectivity index (χ4v) is 5.93. The Hall–Kier alpha value is -3.65. The molecule has 0 aromatic heterocycles. The maximum atomic E-state index is 13.9. The molecule has 3 aliphatic rings. The summed E-state index contributed by atoms with van der Waals surface area (Å²) in [6.45, 7) is -0.226. The minimum atomic E-state index is -4.58. The van der Waals surface area contributed by atoms with Crippen LogP contribution in [0, 0.1) is 0 Å². The monoisotopic (exact) mass is 606 g/mol. The van der Waals surface area contributed by atoms with Gasteiger partial charge in [0.15, 0.2) is 11.5 Å². The van der Waals surface area contributed by atoms with E-state index < -0.39 is 53.8 Å². The highest BCUT2D eigenvalue weighted by molar-refractivity contribution is 5.97. The number of ether oxygens (including phenoxy) is 3. The molecular weight excluding hydrogens is 573 g/mol. The average molecular weight is 607 g/mol. The number of fused-ring (bicyclic) bond motifs is 3. The first-order valence-electron chi connectivity index (χ1n) is 13.9. The average Bonchev–Trinajstić information content (AvgIpc) is 3.66. The Morgan fingerprint density at radius 1 is 1.16 bits per heavy atom. The predicted molar refractivity (Wildman–Crippen MR) is 146 cm³/mol. The lowest BCUT2D eigenvalue weighted by Crippen LogP contribution is -2.57. The third-order valence-electron chi connectivity index (χ3n) is 8.00. The number of aliphatic hydroxyl groups is 3. The van der Waals surface area contributed by atoms with Crippen molar-refractivity contribution in [1.82, 2.24) is 10.2 Å². The summed E-state index contributed by atoms with van der Waals surface area (Å²) in [5.41, 5.74) is 0.193. The zero-order valence-corrected chi connectivity index (χ0v) is 23.3. The summed E-state index contributed by atoms with van der Waals surface area (Å²) >= 11 is 0. The molecule has 0 radical (unpaired) electrons. The molecule has 2 aromatic rings. The molecule has 1 aliphatic carbocycles. The van der Waals surface area contributed by atoms with Crippen LogP contribution in [-0.4, -0.2) is 89.8 Å². The van der Waals surface area contributed by atoms with Crippen LogP contribution in [0.2, 0.25) is 0 Å². The van der Waals surface area contributed by atoms with Gasteiger partial charge in [0.2, 0.25) is 5.91 Å². The second-order valence-corrected chi connectivity index (χ2v) is 10.7. The minimum Gasteiger partial charge on any atom is -0.493 e. The van der Waals surface area contributed by atoms with Gasteiger partial charge in [-0.05, 0) is 60.9 Å². The van der Waals surface area contributed by atoms with Crippen LogP contribution in [0.15, 0.2) is 48.0 Å². The zero-order chi connectivity index (χ0) is 30.9. The second-order valence-electron chi connectivity index (χ2n) is 10.7. The molecular formula is C30H33F3N2O8. The van der Waals surface area contributed by atoms with Crippen molar-refractivity contribution in [3.63, 3.8) is 0 Å². The Balaban J connectivity index is 1.58. The molecule has 4 N–H and O–H groups in total. The number of aliphatic hydroxyl groups excluding tert-OH is 3. The van der Waals surface area contributed by atoms with E-state index in [-0.39, 0.29) is 48.9 Å². The lowest BCUT2D eigenvalue weighted by Gasteiger charge is -2.41. The molecule has 0 unspecified atom stereocenters. The summed E-state index contributed by atoms with van der Waals surface area (Å²) in [7, 11) is 1.41. The lowest BCUT2D eigenvalue weighted by atomic mass is 9.77. The summed E-state index contributed by atoms with van der Waals surface area (Å²) in [6, 6.07) is 5.88. The number of carbonyl (C=O) groups is 2. The number of benzene rings is 2. The van der Waals surface area contributed by atoms with Crippen molar-refractivity contribution in [3.8, 4) is 11.5 Å². The first kappa shape index (κ1) is 30.8.